The molecular weight excluding hydrogens is 410 g/mol. The molecule has 156 valence electrons. The highest BCUT2D eigenvalue weighted by atomic mass is 32.2. The van der Waals surface area contributed by atoms with E-state index in [0.717, 1.165) is 5.56 Å². The van der Waals surface area contributed by atoms with E-state index in [-0.39, 0.29) is 35.9 Å². The first-order valence-corrected chi connectivity index (χ1v) is 10.4. The Hall–Kier alpha value is -3.50. The van der Waals surface area contributed by atoms with Crippen LogP contribution < -0.4 is 15.4 Å². The molecule has 0 saturated carbocycles. The fourth-order valence-corrected chi connectivity index (χ4v) is 3.04. The molecule has 1 heterocycles. The highest BCUT2D eigenvalue weighted by molar-refractivity contribution is 7.89. The summed E-state index contributed by atoms with van der Waals surface area (Å²) in [6.07, 6.45) is 0. The molecule has 2 N–H and O–H groups in total. The Bertz CT molecular complexity index is 1180. The van der Waals surface area contributed by atoms with Gasteiger partial charge < -0.3 is 9.47 Å². The third-order valence-electron chi connectivity index (χ3n) is 3.99. The van der Waals surface area contributed by atoms with E-state index in [1.165, 1.54) is 41.1 Å². The molecule has 1 aromatic heterocycles. The third kappa shape index (κ3) is 5.75. The topological polar surface area (TPSA) is 131 Å². The summed E-state index contributed by atoms with van der Waals surface area (Å²) in [7, 11) is -3.77. The number of aromatic nitrogens is 2. The summed E-state index contributed by atoms with van der Waals surface area (Å²) in [5.74, 6) is -0.294. The van der Waals surface area contributed by atoms with Crippen LogP contribution >= 0.6 is 0 Å². The number of rotatable bonds is 8. The fourth-order valence-electron chi connectivity index (χ4n) is 2.52. The van der Waals surface area contributed by atoms with Crippen LogP contribution in [0.5, 0.6) is 5.75 Å². The van der Waals surface area contributed by atoms with Gasteiger partial charge in [0.05, 0.1) is 11.4 Å². The third-order valence-corrected chi connectivity index (χ3v) is 4.92. The van der Waals surface area contributed by atoms with E-state index in [1.54, 1.807) is 0 Å². The van der Waals surface area contributed by atoms with Gasteiger partial charge in [0.25, 0.3) is 5.56 Å². The molecule has 0 saturated heterocycles. The second kappa shape index (κ2) is 9.33. The summed E-state index contributed by atoms with van der Waals surface area (Å²) in [6, 6.07) is 17.4. The maximum absolute atomic E-state index is 12.2. The Morgan fingerprint density at radius 3 is 2.33 bits per heavy atom. The van der Waals surface area contributed by atoms with Gasteiger partial charge in [-0.1, -0.05) is 30.3 Å². The van der Waals surface area contributed by atoms with Crippen LogP contribution in [-0.4, -0.2) is 37.4 Å². The van der Waals surface area contributed by atoms with Crippen molar-refractivity contribution in [1.29, 1.82) is 0 Å². The van der Waals surface area contributed by atoms with Crippen LogP contribution in [0.4, 0.5) is 0 Å². The minimum Gasteiger partial charge on any atom is -0.490 e. The number of nitrogens with two attached hydrogens (primary N) is 1. The first-order valence-electron chi connectivity index (χ1n) is 8.88. The molecule has 0 fully saturated rings. The summed E-state index contributed by atoms with van der Waals surface area (Å²) in [6.45, 7) is 0.220. The van der Waals surface area contributed by atoms with E-state index >= 15 is 0 Å². The number of ether oxygens (including phenoxy) is 2. The number of hydrogen-bond donors (Lipinski definition) is 1. The molecule has 3 rings (SSSR count). The number of esters is 1. The van der Waals surface area contributed by atoms with Crippen molar-refractivity contribution in [3.8, 4) is 5.75 Å². The largest absolute Gasteiger partial charge is 0.490 e. The molecule has 0 atom stereocenters. The second-order valence-electron chi connectivity index (χ2n) is 6.20. The maximum atomic E-state index is 12.2. The van der Waals surface area contributed by atoms with Crippen LogP contribution in [0.1, 0.15) is 16.1 Å². The molecular formula is C20H19N3O6S. The van der Waals surface area contributed by atoms with Crippen LogP contribution in [0.25, 0.3) is 0 Å². The van der Waals surface area contributed by atoms with Gasteiger partial charge in [0.1, 0.15) is 19.0 Å². The summed E-state index contributed by atoms with van der Waals surface area (Å²) < 4.78 is 34.1. The molecule has 0 aliphatic rings. The highest BCUT2D eigenvalue weighted by Gasteiger charge is 2.12. The molecule has 0 amide bonds. The molecule has 0 aliphatic heterocycles. The summed E-state index contributed by atoms with van der Waals surface area (Å²) in [5, 5.41) is 9.08. The normalized spacial score (nSPS) is 11.1. The number of nitrogens with zero attached hydrogens (tertiary/aromatic N) is 2. The number of carbonyl (C=O) groups excluding carboxylic acids is 1. The average molecular weight is 429 g/mol. The van der Waals surface area contributed by atoms with Crippen LogP contribution in [0.3, 0.4) is 0 Å². The number of primary sulfonamides is 1. The Morgan fingerprint density at radius 2 is 1.67 bits per heavy atom. The molecule has 0 radical (unpaired) electrons. The van der Waals surface area contributed by atoms with Gasteiger partial charge in [-0.25, -0.2) is 23.0 Å². The molecule has 0 bridgehead atoms. The van der Waals surface area contributed by atoms with Gasteiger partial charge in [0.15, 0.2) is 5.69 Å². The lowest BCUT2D eigenvalue weighted by Gasteiger charge is -2.09. The Morgan fingerprint density at radius 1 is 0.967 bits per heavy atom. The van der Waals surface area contributed by atoms with Crippen LogP contribution in [0, 0.1) is 0 Å². The summed E-state index contributed by atoms with van der Waals surface area (Å²) in [5.41, 5.74) is 0.546. The van der Waals surface area contributed by atoms with Crippen LogP contribution in [-0.2, 0) is 21.3 Å². The lowest BCUT2D eigenvalue weighted by Crippen LogP contribution is -2.25. The minimum absolute atomic E-state index is 0.00281. The SMILES string of the molecule is NS(=O)(=O)c1ccc(OCCOC(=O)c2ccc(=O)n(Cc3ccccc3)n2)cc1. The highest BCUT2D eigenvalue weighted by Crippen LogP contribution is 2.14. The first-order chi connectivity index (χ1) is 14.3. The Balaban J connectivity index is 1.54. The fraction of sp³-hybridized carbons (Fsp3) is 0.150. The van der Waals surface area contributed by atoms with E-state index in [2.05, 4.69) is 5.10 Å². The van der Waals surface area contributed by atoms with Crippen molar-refractivity contribution in [3.63, 3.8) is 0 Å². The molecule has 30 heavy (non-hydrogen) atoms. The quantitative estimate of drug-likeness (QED) is 0.420. The lowest BCUT2D eigenvalue weighted by atomic mass is 10.2. The van der Waals surface area contributed by atoms with Gasteiger partial charge in [-0.15, -0.1) is 0 Å². The monoisotopic (exact) mass is 429 g/mol. The Kier molecular flexibility index (Phi) is 6.60. The standard InChI is InChI=1S/C20H19N3O6S/c21-30(26,27)17-8-6-16(7-9-17)28-12-13-29-20(25)18-10-11-19(24)23(22-18)14-15-4-2-1-3-5-15/h1-11H,12-14H2,(H2,21,26,27). The zero-order valence-corrected chi connectivity index (χ0v) is 16.6. The van der Waals surface area contributed by atoms with Crippen LogP contribution in [0.15, 0.2) is 76.4 Å². The smallest absolute Gasteiger partial charge is 0.358 e. The van der Waals surface area contributed by atoms with Crippen molar-refractivity contribution in [2.75, 3.05) is 13.2 Å². The second-order valence-corrected chi connectivity index (χ2v) is 7.76. The first kappa shape index (κ1) is 21.2. The molecule has 0 spiro atoms. The molecule has 0 aliphatic carbocycles. The van der Waals surface area contributed by atoms with Crippen molar-refractivity contribution in [2.24, 2.45) is 5.14 Å². The van der Waals surface area contributed by atoms with Gasteiger partial charge in [-0.3, -0.25) is 4.79 Å². The zero-order chi connectivity index (χ0) is 21.6. The zero-order valence-electron chi connectivity index (χ0n) is 15.8. The van der Waals surface area contributed by atoms with E-state index in [4.69, 9.17) is 14.6 Å². The van der Waals surface area contributed by atoms with Gasteiger partial charge in [-0.05, 0) is 35.9 Å². The predicted octanol–water partition coefficient (Wildman–Crippen LogP) is 1.17. The lowest BCUT2D eigenvalue weighted by molar-refractivity contribution is 0.0440. The Labute approximate surface area is 172 Å². The van der Waals surface area contributed by atoms with Crippen molar-refractivity contribution < 1.29 is 22.7 Å². The van der Waals surface area contributed by atoms with Crippen molar-refractivity contribution >= 4 is 16.0 Å². The van der Waals surface area contributed by atoms with Crippen molar-refractivity contribution in [3.05, 3.63) is 88.3 Å². The number of sulfonamides is 1. The predicted molar refractivity (Wildman–Crippen MR) is 108 cm³/mol. The minimum atomic E-state index is -3.77. The number of benzene rings is 2. The van der Waals surface area contributed by atoms with E-state index in [0.29, 0.717) is 5.75 Å². The van der Waals surface area contributed by atoms with Crippen molar-refractivity contribution in [1.82, 2.24) is 9.78 Å². The summed E-state index contributed by atoms with van der Waals surface area (Å²) in [4.78, 5) is 24.1. The molecule has 0 unspecified atom stereocenters. The van der Waals surface area contributed by atoms with Gasteiger partial charge in [0.2, 0.25) is 10.0 Å². The van der Waals surface area contributed by atoms with Crippen molar-refractivity contribution in [2.45, 2.75) is 11.4 Å². The summed E-state index contributed by atoms with van der Waals surface area (Å²) >= 11 is 0. The molecule has 3 aromatic rings. The molecule has 9 nitrogen and oxygen atoms in total. The van der Waals surface area contributed by atoms with E-state index in [1.807, 2.05) is 30.3 Å². The van der Waals surface area contributed by atoms with Gasteiger partial charge in [-0.2, -0.15) is 5.10 Å². The van der Waals surface area contributed by atoms with Gasteiger partial charge >= 0.3 is 5.97 Å². The van der Waals surface area contributed by atoms with E-state index < -0.39 is 16.0 Å². The molecule has 2 aromatic carbocycles. The molecule has 10 heteroatoms. The van der Waals surface area contributed by atoms with E-state index in [9.17, 15) is 18.0 Å². The van der Waals surface area contributed by atoms with Gasteiger partial charge in [0, 0.05) is 6.07 Å². The average Bonchev–Trinajstić information content (AvgIpc) is 2.73. The maximum Gasteiger partial charge on any atom is 0.358 e. The van der Waals surface area contributed by atoms with Crippen LogP contribution in [0.2, 0.25) is 0 Å². The number of hydrogen-bond acceptors (Lipinski definition) is 7. The number of carbonyl (C=O) groups is 1.